The van der Waals surface area contributed by atoms with Crippen LogP contribution < -0.4 is 5.73 Å². The minimum Gasteiger partial charge on any atom is -0.378 e. The second-order valence-corrected chi connectivity index (χ2v) is 6.06. The largest absolute Gasteiger partial charge is 0.378 e. The highest BCUT2D eigenvalue weighted by molar-refractivity contribution is 5.94. The zero-order chi connectivity index (χ0) is 17.9. The van der Waals surface area contributed by atoms with Gasteiger partial charge in [0.15, 0.2) is 0 Å². The number of nitrogens with one attached hydrogen (secondary N) is 1. The first kappa shape index (κ1) is 16.3. The van der Waals surface area contributed by atoms with Gasteiger partial charge in [-0.2, -0.15) is 0 Å². The molecule has 1 fully saturated rings. The van der Waals surface area contributed by atoms with Crippen LogP contribution in [0.25, 0.3) is 22.4 Å². The van der Waals surface area contributed by atoms with Crippen LogP contribution >= 0.6 is 0 Å². The molecule has 3 N–H and O–H groups in total. The summed E-state index contributed by atoms with van der Waals surface area (Å²) < 4.78 is 5.30. The maximum Gasteiger partial charge on any atom is 0.270 e. The van der Waals surface area contributed by atoms with Crippen molar-refractivity contribution >= 4 is 11.9 Å². The minimum absolute atomic E-state index is 0.0390. The number of anilines is 1. The highest BCUT2D eigenvalue weighted by Gasteiger charge is 2.21. The Morgan fingerprint density at radius 2 is 1.92 bits per heavy atom. The smallest absolute Gasteiger partial charge is 0.270 e. The van der Waals surface area contributed by atoms with E-state index in [1.165, 1.54) is 0 Å². The van der Waals surface area contributed by atoms with Crippen molar-refractivity contribution in [2.24, 2.45) is 0 Å². The Morgan fingerprint density at radius 3 is 2.69 bits per heavy atom. The Balaban J connectivity index is 1.69. The van der Waals surface area contributed by atoms with E-state index in [1.54, 1.807) is 17.3 Å². The van der Waals surface area contributed by atoms with E-state index in [2.05, 4.69) is 15.0 Å². The Hall–Kier alpha value is -3.19. The Bertz CT molecular complexity index is 917. The summed E-state index contributed by atoms with van der Waals surface area (Å²) in [6.07, 6.45) is 3.49. The second-order valence-electron chi connectivity index (χ2n) is 6.06. The zero-order valence-electron chi connectivity index (χ0n) is 14.2. The average Bonchev–Trinajstić information content (AvgIpc) is 3.19. The lowest BCUT2D eigenvalue weighted by Crippen LogP contribution is -2.40. The van der Waals surface area contributed by atoms with Crippen LogP contribution in [0.4, 0.5) is 5.95 Å². The van der Waals surface area contributed by atoms with Crippen molar-refractivity contribution < 1.29 is 9.53 Å². The molecule has 0 aliphatic carbocycles. The van der Waals surface area contributed by atoms with Gasteiger partial charge in [-0.05, 0) is 11.6 Å². The van der Waals surface area contributed by atoms with Gasteiger partial charge in [0.1, 0.15) is 5.69 Å². The van der Waals surface area contributed by atoms with Gasteiger partial charge in [-0.15, -0.1) is 0 Å². The molecule has 1 aliphatic rings. The molecule has 3 aromatic rings. The number of hydrogen-bond acceptors (Lipinski definition) is 5. The number of benzene rings is 1. The van der Waals surface area contributed by atoms with Gasteiger partial charge in [0.05, 0.1) is 18.9 Å². The first-order valence-electron chi connectivity index (χ1n) is 8.46. The maximum absolute atomic E-state index is 12.6. The average molecular weight is 349 g/mol. The summed E-state index contributed by atoms with van der Waals surface area (Å²) in [5.74, 6) is 0.157. The van der Waals surface area contributed by atoms with Crippen LogP contribution in [0, 0.1) is 0 Å². The van der Waals surface area contributed by atoms with E-state index in [1.807, 2.05) is 36.4 Å². The highest BCUT2D eigenvalue weighted by Crippen LogP contribution is 2.31. The number of H-pyrrole nitrogens is 1. The molecule has 1 saturated heterocycles. The van der Waals surface area contributed by atoms with Crippen molar-refractivity contribution in [1.29, 1.82) is 0 Å². The molecule has 0 saturated carbocycles. The van der Waals surface area contributed by atoms with Gasteiger partial charge in [0.2, 0.25) is 5.95 Å². The Kier molecular flexibility index (Phi) is 4.37. The van der Waals surface area contributed by atoms with Gasteiger partial charge in [-0.3, -0.25) is 4.79 Å². The third kappa shape index (κ3) is 3.16. The normalized spacial score (nSPS) is 14.4. The van der Waals surface area contributed by atoms with Crippen LogP contribution in [0.3, 0.4) is 0 Å². The van der Waals surface area contributed by atoms with Crippen LogP contribution in [0.2, 0.25) is 0 Å². The number of nitrogens with two attached hydrogens (primary N) is 1. The summed E-state index contributed by atoms with van der Waals surface area (Å²) in [6, 6.07) is 11.7. The van der Waals surface area contributed by atoms with E-state index in [4.69, 9.17) is 10.5 Å². The molecule has 0 unspecified atom stereocenters. The molecule has 0 bridgehead atoms. The van der Waals surface area contributed by atoms with Crippen molar-refractivity contribution in [2.45, 2.75) is 0 Å². The summed E-state index contributed by atoms with van der Waals surface area (Å²) in [6.45, 7) is 2.34. The number of amides is 1. The van der Waals surface area contributed by atoms with E-state index in [0.29, 0.717) is 37.7 Å². The maximum atomic E-state index is 12.6. The third-order valence-electron chi connectivity index (χ3n) is 4.38. The molecule has 0 atom stereocenters. The van der Waals surface area contributed by atoms with Crippen molar-refractivity contribution in [1.82, 2.24) is 19.9 Å². The number of carbonyl (C=O) groups is 1. The molecule has 0 spiro atoms. The van der Waals surface area contributed by atoms with Crippen LogP contribution in [0.1, 0.15) is 10.5 Å². The van der Waals surface area contributed by atoms with Crippen molar-refractivity contribution in [3.8, 4) is 22.4 Å². The van der Waals surface area contributed by atoms with Gasteiger partial charge >= 0.3 is 0 Å². The van der Waals surface area contributed by atoms with E-state index < -0.39 is 0 Å². The quantitative estimate of drug-likeness (QED) is 0.755. The lowest BCUT2D eigenvalue weighted by Gasteiger charge is -2.26. The molecule has 1 aromatic carbocycles. The molecular formula is C19H19N5O2. The Morgan fingerprint density at radius 1 is 1.15 bits per heavy atom. The fraction of sp³-hybridized carbons (Fsp3) is 0.211. The lowest BCUT2D eigenvalue weighted by atomic mass is 10.0. The van der Waals surface area contributed by atoms with E-state index in [-0.39, 0.29) is 11.9 Å². The summed E-state index contributed by atoms with van der Waals surface area (Å²) in [7, 11) is 0. The number of nitrogen functional groups attached to an aromatic ring is 1. The fourth-order valence-corrected chi connectivity index (χ4v) is 3.04. The second kappa shape index (κ2) is 6.97. The predicted molar refractivity (Wildman–Crippen MR) is 98.4 cm³/mol. The van der Waals surface area contributed by atoms with Crippen LogP contribution in [-0.2, 0) is 4.74 Å². The standard InChI is InChI=1S/C19H19N5O2/c20-19-22-12-15(13-4-2-1-3-5-13)17(23-19)14-10-16(21-11-14)18(25)24-6-8-26-9-7-24/h1-5,10-12,21H,6-9H2,(H2,20,22,23). The molecule has 7 heteroatoms. The molecule has 1 aliphatic heterocycles. The number of ether oxygens (including phenoxy) is 1. The van der Waals surface area contributed by atoms with Gasteiger partial charge in [-0.25, -0.2) is 9.97 Å². The van der Waals surface area contributed by atoms with E-state index in [0.717, 1.165) is 16.7 Å². The molecule has 7 nitrogen and oxygen atoms in total. The fourth-order valence-electron chi connectivity index (χ4n) is 3.04. The number of aromatic nitrogens is 3. The number of aromatic amines is 1. The monoisotopic (exact) mass is 349 g/mol. The number of carbonyl (C=O) groups excluding carboxylic acids is 1. The van der Waals surface area contributed by atoms with Crippen molar-refractivity contribution in [2.75, 3.05) is 32.0 Å². The number of nitrogens with zero attached hydrogens (tertiary/aromatic N) is 3. The predicted octanol–water partition coefficient (Wildman–Crippen LogP) is 2.19. The number of hydrogen-bond donors (Lipinski definition) is 2. The molecule has 3 heterocycles. The first-order chi connectivity index (χ1) is 12.7. The number of rotatable bonds is 3. The topological polar surface area (TPSA) is 97.1 Å². The molecule has 132 valence electrons. The molecule has 4 rings (SSSR count). The Labute approximate surface area is 150 Å². The van der Waals surface area contributed by atoms with Crippen LogP contribution in [-0.4, -0.2) is 52.1 Å². The molecule has 2 aromatic heterocycles. The van der Waals surface area contributed by atoms with Gasteiger partial charge in [0.25, 0.3) is 5.91 Å². The first-order valence-corrected chi connectivity index (χ1v) is 8.46. The van der Waals surface area contributed by atoms with Crippen molar-refractivity contribution in [3.05, 3.63) is 54.5 Å². The van der Waals surface area contributed by atoms with E-state index in [9.17, 15) is 4.79 Å². The summed E-state index contributed by atoms with van der Waals surface area (Å²) in [5, 5.41) is 0. The lowest BCUT2D eigenvalue weighted by molar-refractivity contribution is 0.0299. The van der Waals surface area contributed by atoms with Crippen LogP contribution in [0.5, 0.6) is 0 Å². The van der Waals surface area contributed by atoms with Gasteiger partial charge in [-0.1, -0.05) is 30.3 Å². The van der Waals surface area contributed by atoms with Crippen LogP contribution in [0.15, 0.2) is 48.8 Å². The minimum atomic E-state index is -0.0390. The summed E-state index contributed by atoms with van der Waals surface area (Å²) >= 11 is 0. The SMILES string of the molecule is Nc1ncc(-c2ccccc2)c(-c2c[nH]c(C(=O)N3CCOCC3)c2)n1. The third-order valence-corrected chi connectivity index (χ3v) is 4.38. The molecule has 26 heavy (non-hydrogen) atoms. The van der Waals surface area contributed by atoms with Crippen molar-refractivity contribution in [3.63, 3.8) is 0 Å². The summed E-state index contributed by atoms with van der Waals surface area (Å²) in [4.78, 5) is 26.0. The van der Waals surface area contributed by atoms with Gasteiger partial charge in [0, 0.05) is 36.6 Å². The van der Waals surface area contributed by atoms with Gasteiger partial charge < -0.3 is 20.4 Å². The summed E-state index contributed by atoms with van der Waals surface area (Å²) in [5.41, 5.74) is 9.68. The highest BCUT2D eigenvalue weighted by atomic mass is 16.5. The van der Waals surface area contributed by atoms with E-state index >= 15 is 0 Å². The molecular weight excluding hydrogens is 330 g/mol. The number of morpholine rings is 1. The zero-order valence-corrected chi connectivity index (χ0v) is 14.2. The molecule has 1 amide bonds. The molecule has 0 radical (unpaired) electrons.